The predicted molar refractivity (Wildman–Crippen MR) is 98.9 cm³/mol. The third kappa shape index (κ3) is 5.64. The lowest BCUT2D eigenvalue weighted by molar-refractivity contribution is -0.124. The van der Waals surface area contributed by atoms with Crippen LogP contribution in [0.15, 0.2) is 48.5 Å². The van der Waals surface area contributed by atoms with Crippen LogP contribution in [0.2, 0.25) is 0 Å². The average Bonchev–Trinajstić information content (AvgIpc) is 2.61. The zero-order valence-corrected chi connectivity index (χ0v) is 14.9. The molecule has 0 bridgehead atoms. The molecule has 0 spiro atoms. The fourth-order valence-corrected chi connectivity index (χ4v) is 2.40. The molecule has 5 nitrogen and oxygen atoms in total. The van der Waals surface area contributed by atoms with E-state index in [-0.39, 0.29) is 12.5 Å². The van der Waals surface area contributed by atoms with Crippen molar-refractivity contribution in [2.45, 2.75) is 13.3 Å². The van der Waals surface area contributed by atoms with Crippen LogP contribution in [0.4, 0.5) is 5.69 Å². The highest BCUT2D eigenvalue weighted by molar-refractivity contribution is 5.92. The van der Waals surface area contributed by atoms with Crippen molar-refractivity contribution in [1.29, 1.82) is 0 Å². The van der Waals surface area contributed by atoms with Crippen LogP contribution >= 0.6 is 0 Å². The van der Waals surface area contributed by atoms with Gasteiger partial charge in [-0.05, 0) is 42.7 Å². The second-order valence-corrected chi connectivity index (χ2v) is 6.05. The fraction of sp³-hybridized carbons (Fsp3) is 0.300. The fourth-order valence-electron chi connectivity index (χ4n) is 2.40. The quantitative estimate of drug-likeness (QED) is 0.787. The molecule has 5 heteroatoms. The molecular weight excluding hydrogens is 316 g/mol. The molecule has 2 rings (SSSR count). The van der Waals surface area contributed by atoms with Crippen LogP contribution in [-0.4, -0.2) is 39.1 Å². The molecule has 0 aliphatic heterocycles. The Morgan fingerprint density at radius 2 is 1.84 bits per heavy atom. The molecule has 1 amide bonds. The molecule has 25 heavy (non-hydrogen) atoms. The van der Waals surface area contributed by atoms with Crippen molar-refractivity contribution in [3.8, 4) is 0 Å². The number of rotatable bonds is 7. The van der Waals surface area contributed by atoms with Gasteiger partial charge in [-0.2, -0.15) is 0 Å². The Balaban J connectivity index is 1.77. The van der Waals surface area contributed by atoms with Gasteiger partial charge < -0.3 is 15.0 Å². The van der Waals surface area contributed by atoms with E-state index in [2.05, 4.69) is 5.32 Å². The van der Waals surface area contributed by atoms with Gasteiger partial charge in [0, 0.05) is 26.3 Å². The van der Waals surface area contributed by atoms with Gasteiger partial charge in [0.25, 0.3) is 5.91 Å². The van der Waals surface area contributed by atoms with Crippen LogP contribution < -0.4 is 10.2 Å². The molecule has 0 atom stereocenters. The second kappa shape index (κ2) is 8.87. The Morgan fingerprint density at radius 3 is 2.56 bits per heavy atom. The molecule has 132 valence electrons. The smallest absolute Gasteiger partial charge is 0.338 e. The zero-order chi connectivity index (χ0) is 18.2. The maximum Gasteiger partial charge on any atom is 0.338 e. The van der Waals surface area contributed by atoms with Gasteiger partial charge in [-0.3, -0.25) is 4.79 Å². The predicted octanol–water partition coefficient (Wildman–Crippen LogP) is 2.58. The minimum atomic E-state index is -0.502. The number of nitrogens with one attached hydrogen (secondary N) is 1. The van der Waals surface area contributed by atoms with Gasteiger partial charge in [0.2, 0.25) is 0 Å². The van der Waals surface area contributed by atoms with E-state index in [0.717, 1.165) is 12.1 Å². The Hall–Kier alpha value is -2.82. The largest absolute Gasteiger partial charge is 0.452 e. The van der Waals surface area contributed by atoms with Crippen molar-refractivity contribution < 1.29 is 14.3 Å². The van der Waals surface area contributed by atoms with Crippen molar-refractivity contribution >= 4 is 17.6 Å². The van der Waals surface area contributed by atoms with Crippen LogP contribution in [0.25, 0.3) is 0 Å². The highest BCUT2D eigenvalue weighted by Crippen LogP contribution is 2.14. The Kier molecular flexibility index (Phi) is 6.57. The highest BCUT2D eigenvalue weighted by Gasteiger charge is 2.11. The van der Waals surface area contributed by atoms with Crippen molar-refractivity contribution in [3.05, 3.63) is 65.2 Å². The number of nitrogens with zero attached hydrogens (tertiary/aromatic N) is 1. The van der Waals surface area contributed by atoms with E-state index in [0.29, 0.717) is 12.1 Å². The molecule has 0 aliphatic carbocycles. The summed E-state index contributed by atoms with van der Waals surface area (Å²) in [5.74, 6) is -0.802. The van der Waals surface area contributed by atoms with E-state index in [1.54, 1.807) is 18.2 Å². The van der Waals surface area contributed by atoms with Gasteiger partial charge in [-0.15, -0.1) is 0 Å². The first-order valence-corrected chi connectivity index (χ1v) is 8.23. The summed E-state index contributed by atoms with van der Waals surface area (Å²) in [5.41, 5.74) is 3.72. The van der Waals surface area contributed by atoms with E-state index in [1.807, 2.05) is 56.3 Å². The van der Waals surface area contributed by atoms with Crippen molar-refractivity contribution in [2.24, 2.45) is 0 Å². The first-order chi connectivity index (χ1) is 12.0. The summed E-state index contributed by atoms with van der Waals surface area (Å²) in [4.78, 5) is 25.8. The Bertz CT molecular complexity index is 741. The number of anilines is 1. The number of carbonyl (C=O) groups excluding carboxylic acids is 2. The number of hydrogen-bond acceptors (Lipinski definition) is 4. The van der Waals surface area contributed by atoms with E-state index >= 15 is 0 Å². The molecule has 0 fully saturated rings. The Morgan fingerprint density at radius 1 is 1.08 bits per heavy atom. The molecular formula is C20H24N2O3. The van der Waals surface area contributed by atoms with Crippen molar-refractivity contribution in [1.82, 2.24) is 5.32 Å². The topological polar surface area (TPSA) is 58.6 Å². The third-order valence-corrected chi connectivity index (χ3v) is 3.91. The first-order valence-electron chi connectivity index (χ1n) is 8.23. The summed E-state index contributed by atoms with van der Waals surface area (Å²) in [6.45, 7) is 2.27. The van der Waals surface area contributed by atoms with Gasteiger partial charge in [0.05, 0.1) is 5.56 Å². The number of esters is 1. The van der Waals surface area contributed by atoms with Crippen LogP contribution in [0.3, 0.4) is 0 Å². The maximum atomic E-state index is 12.0. The van der Waals surface area contributed by atoms with Gasteiger partial charge in [0.15, 0.2) is 6.61 Å². The average molecular weight is 340 g/mol. The monoisotopic (exact) mass is 340 g/mol. The van der Waals surface area contributed by atoms with Crippen LogP contribution in [0.1, 0.15) is 21.5 Å². The number of ether oxygens (including phenoxy) is 1. The van der Waals surface area contributed by atoms with E-state index < -0.39 is 5.97 Å². The lowest BCUT2D eigenvalue weighted by Crippen LogP contribution is -2.30. The standard InChI is InChI=1S/C20H24N2O3/c1-15-7-4-5-8-16(15)11-12-21-19(23)14-25-20(24)17-9-6-10-18(13-17)22(2)3/h4-10,13H,11-12,14H2,1-3H3,(H,21,23). The number of amides is 1. The van der Waals surface area contributed by atoms with Crippen molar-refractivity contribution in [2.75, 3.05) is 32.1 Å². The van der Waals surface area contributed by atoms with Crippen LogP contribution in [-0.2, 0) is 16.0 Å². The number of aryl methyl sites for hydroxylation is 1. The number of carbonyl (C=O) groups is 2. The summed E-state index contributed by atoms with van der Waals surface area (Å²) < 4.78 is 5.08. The third-order valence-electron chi connectivity index (χ3n) is 3.91. The molecule has 0 unspecified atom stereocenters. The lowest BCUT2D eigenvalue weighted by Gasteiger charge is -2.13. The summed E-state index contributed by atoms with van der Waals surface area (Å²) in [7, 11) is 3.79. The van der Waals surface area contributed by atoms with Gasteiger partial charge in [-0.1, -0.05) is 30.3 Å². The van der Waals surface area contributed by atoms with Gasteiger partial charge in [-0.25, -0.2) is 4.79 Å². The molecule has 2 aromatic carbocycles. The van der Waals surface area contributed by atoms with Gasteiger partial charge >= 0.3 is 5.97 Å². The van der Waals surface area contributed by atoms with Crippen molar-refractivity contribution in [3.63, 3.8) is 0 Å². The highest BCUT2D eigenvalue weighted by atomic mass is 16.5. The molecule has 0 aliphatic rings. The molecule has 0 radical (unpaired) electrons. The minimum absolute atomic E-state index is 0.279. The molecule has 0 aromatic heterocycles. The summed E-state index contributed by atoms with van der Waals surface area (Å²) in [6.07, 6.45) is 0.747. The number of benzene rings is 2. The molecule has 0 saturated carbocycles. The SMILES string of the molecule is Cc1ccccc1CCNC(=O)COC(=O)c1cccc(N(C)C)c1. The summed E-state index contributed by atoms with van der Waals surface area (Å²) in [5, 5.41) is 2.77. The maximum absolute atomic E-state index is 12.0. The van der Waals surface area contributed by atoms with Crippen LogP contribution in [0.5, 0.6) is 0 Å². The lowest BCUT2D eigenvalue weighted by atomic mass is 10.1. The molecule has 0 heterocycles. The summed E-state index contributed by atoms with van der Waals surface area (Å²) in [6, 6.07) is 15.1. The first kappa shape index (κ1) is 18.5. The van der Waals surface area contributed by atoms with Crippen LogP contribution in [0, 0.1) is 6.92 Å². The zero-order valence-electron chi connectivity index (χ0n) is 14.9. The molecule has 0 saturated heterocycles. The molecule has 2 aromatic rings. The normalized spacial score (nSPS) is 10.2. The minimum Gasteiger partial charge on any atom is -0.452 e. The molecule has 1 N–H and O–H groups in total. The van der Waals surface area contributed by atoms with Gasteiger partial charge in [0.1, 0.15) is 0 Å². The Labute approximate surface area is 148 Å². The van der Waals surface area contributed by atoms with E-state index in [1.165, 1.54) is 11.1 Å². The number of hydrogen-bond donors (Lipinski definition) is 1. The summed E-state index contributed by atoms with van der Waals surface area (Å²) >= 11 is 0. The van der Waals surface area contributed by atoms with E-state index in [9.17, 15) is 9.59 Å². The second-order valence-electron chi connectivity index (χ2n) is 6.05. The van der Waals surface area contributed by atoms with E-state index in [4.69, 9.17) is 4.74 Å².